The molecule has 3 aromatic rings. The van der Waals surface area contributed by atoms with E-state index in [1.54, 1.807) is 4.68 Å². The molecule has 0 bridgehead atoms. The highest BCUT2D eigenvalue weighted by Gasteiger charge is 2.33. The Morgan fingerprint density at radius 1 is 1.22 bits per heavy atom. The molecule has 32 heavy (non-hydrogen) atoms. The Morgan fingerprint density at radius 2 is 1.94 bits per heavy atom. The maximum absolute atomic E-state index is 13.1. The van der Waals surface area contributed by atoms with Gasteiger partial charge in [0.2, 0.25) is 5.91 Å². The van der Waals surface area contributed by atoms with Crippen molar-refractivity contribution < 1.29 is 13.2 Å². The van der Waals surface area contributed by atoms with Crippen molar-refractivity contribution in [3.63, 3.8) is 0 Å². The molecule has 7 nitrogen and oxygen atoms in total. The van der Waals surface area contributed by atoms with Crippen molar-refractivity contribution in [1.29, 1.82) is 0 Å². The molecule has 8 heteroatoms. The molecule has 0 aliphatic carbocycles. The number of aromatic nitrogens is 3. The number of hydrogen-bond donors (Lipinski definition) is 1. The number of sulfone groups is 1. The summed E-state index contributed by atoms with van der Waals surface area (Å²) in [6.45, 7) is 10.1. The Morgan fingerprint density at radius 3 is 2.59 bits per heavy atom. The number of para-hydroxylation sites is 1. The Hall–Kier alpha value is -2.74. The molecule has 3 heterocycles. The van der Waals surface area contributed by atoms with Crippen LogP contribution in [0.25, 0.3) is 10.9 Å². The standard InChI is InChI=1S/C24H30N4O3S/c1-15-18-8-6-7-9-20(18)25-16(2)19(15)12-23(29)26-22-13-21(24(3,4)5)27-28(22)17-10-11-32(30,31)14-17/h6-9,13,17H,10-12,14H2,1-5H3,(H,26,29)/t17-/m0/s1. The third-order valence-electron chi connectivity index (χ3n) is 6.15. The molecule has 2 aromatic heterocycles. The van der Waals surface area contributed by atoms with Crippen LogP contribution in [-0.4, -0.2) is 40.6 Å². The first-order valence-electron chi connectivity index (χ1n) is 10.9. The van der Waals surface area contributed by atoms with Crippen molar-refractivity contribution in [2.75, 3.05) is 16.8 Å². The molecule has 1 atom stereocenters. The summed E-state index contributed by atoms with van der Waals surface area (Å²) in [6, 6.07) is 9.51. The van der Waals surface area contributed by atoms with Gasteiger partial charge < -0.3 is 5.32 Å². The molecule has 0 radical (unpaired) electrons. The molecule has 1 aromatic carbocycles. The Kier molecular flexibility index (Phi) is 5.61. The number of rotatable bonds is 4. The van der Waals surface area contributed by atoms with Crippen molar-refractivity contribution in [3.8, 4) is 0 Å². The SMILES string of the molecule is Cc1nc2ccccc2c(C)c1CC(=O)Nc1cc(C(C)(C)C)nn1[C@H]1CCS(=O)(=O)C1. The fraction of sp³-hybridized carbons (Fsp3) is 0.458. The van der Waals surface area contributed by atoms with Gasteiger partial charge in [0.1, 0.15) is 5.82 Å². The van der Waals surface area contributed by atoms with E-state index in [0.29, 0.717) is 12.2 Å². The van der Waals surface area contributed by atoms with E-state index in [4.69, 9.17) is 5.10 Å². The summed E-state index contributed by atoms with van der Waals surface area (Å²) in [7, 11) is -3.08. The second kappa shape index (κ2) is 7.99. The maximum Gasteiger partial charge on any atom is 0.230 e. The molecular weight excluding hydrogens is 424 g/mol. The van der Waals surface area contributed by atoms with E-state index in [0.717, 1.165) is 33.4 Å². The first-order valence-corrected chi connectivity index (χ1v) is 12.7. The summed E-state index contributed by atoms with van der Waals surface area (Å²) in [5.41, 5.74) is 4.30. The lowest BCUT2D eigenvalue weighted by molar-refractivity contribution is -0.115. The largest absolute Gasteiger partial charge is 0.311 e. The van der Waals surface area contributed by atoms with Gasteiger partial charge in [-0.3, -0.25) is 9.78 Å². The lowest BCUT2D eigenvalue weighted by atomic mass is 9.92. The minimum atomic E-state index is -3.08. The van der Waals surface area contributed by atoms with Crippen LogP contribution in [0.5, 0.6) is 0 Å². The van der Waals surface area contributed by atoms with Crippen LogP contribution in [0.4, 0.5) is 5.82 Å². The quantitative estimate of drug-likeness (QED) is 0.646. The van der Waals surface area contributed by atoms with Gasteiger partial charge in [-0.05, 0) is 37.5 Å². The van der Waals surface area contributed by atoms with Gasteiger partial charge in [-0.1, -0.05) is 39.0 Å². The predicted molar refractivity (Wildman–Crippen MR) is 127 cm³/mol. The van der Waals surface area contributed by atoms with Crippen LogP contribution in [0.15, 0.2) is 30.3 Å². The fourth-order valence-electron chi connectivity index (χ4n) is 4.28. The number of carbonyl (C=O) groups is 1. The monoisotopic (exact) mass is 454 g/mol. The third kappa shape index (κ3) is 4.41. The van der Waals surface area contributed by atoms with Gasteiger partial charge in [0, 0.05) is 22.6 Å². The van der Waals surface area contributed by atoms with Crippen LogP contribution in [0, 0.1) is 13.8 Å². The Bertz CT molecular complexity index is 1300. The number of nitrogens with zero attached hydrogens (tertiary/aromatic N) is 3. The molecule has 0 spiro atoms. The molecule has 170 valence electrons. The number of benzene rings is 1. The van der Waals surface area contributed by atoms with Crippen molar-refractivity contribution in [3.05, 3.63) is 52.8 Å². The number of aryl methyl sites for hydroxylation is 2. The zero-order chi connectivity index (χ0) is 23.3. The van der Waals surface area contributed by atoms with Crippen LogP contribution in [0.3, 0.4) is 0 Å². The molecule has 1 fully saturated rings. The summed E-state index contributed by atoms with van der Waals surface area (Å²) < 4.78 is 25.8. The summed E-state index contributed by atoms with van der Waals surface area (Å²) >= 11 is 0. The van der Waals surface area contributed by atoms with Gasteiger partial charge in [0.15, 0.2) is 9.84 Å². The average molecular weight is 455 g/mol. The minimum absolute atomic E-state index is 0.0495. The zero-order valence-corrected chi connectivity index (χ0v) is 20.1. The van der Waals surface area contributed by atoms with E-state index in [1.165, 1.54) is 0 Å². The number of nitrogens with one attached hydrogen (secondary N) is 1. The van der Waals surface area contributed by atoms with Gasteiger partial charge >= 0.3 is 0 Å². The number of pyridine rings is 1. The lowest BCUT2D eigenvalue weighted by Gasteiger charge is -2.16. The smallest absolute Gasteiger partial charge is 0.230 e. The van der Waals surface area contributed by atoms with Gasteiger partial charge in [0.05, 0.1) is 35.2 Å². The van der Waals surface area contributed by atoms with E-state index in [1.807, 2.05) is 65.0 Å². The van der Waals surface area contributed by atoms with E-state index < -0.39 is 9.84 Å². The van der Waals surface area contributed by atoms with Crippen molar-refractivity contribution >= 4 is 32.5 Å². The van der Waals surface area contributed by atoms with Crippen LogP contribution in [0.1, 0.15) is 55.7 Å². The number of hydrogen-bond acceptors (Lipinski definition) is 5. The normalized spacial score (nSPS) is 18.2. The molecule has 0 saturated carbocycles. The second-order valence-electron chi connectivity index (χ2n) is 9.71. The van der Waals surface area contributed by atoms with Gasteiger partial charge in [-0.2, -0.15) is 5.10 Å². The first-order chi connectivity index (χ1) is 14.9. The summed E-state index contributed by atoms with van der Waals surface area (Å²) in [4.78, 5) is 17.7. The summed E-state index contributed by atoms with van der Waals surface area (Å²) in [5.74, 6) is 0.576. The van der Waals surface area contributed by atoms with Crippen LogP contribution in [-0.2, 0) is 26.5 Å². The number of fused-ring (bicyclic) bond motifs is 1. The van der Waals surface area contributed by atoms with E-state index in [9.17, 15) is 13.2 Å². The first kappa shape index (κ1) is 22.5. The molecule has 1 saturated heterocycles. The summed E-state index contributed by atoms with van der Waals surface area (Å²) in [5, 5.41) is 8.73. The molecule has 0 unspecified atom stereocenters. The van der Waals surface area contributed by atoms with Gasteiger partial charge in [-0.15, -0.1) is 0 Å². The second-order valence-corrected chi connectivity index (χ2v) is 11.9. The van der Waals surface area contributed by atoms with Crippen LogP contribution in [0.2, 0.25) is 0 Å². The minimum Gasteiger partial charge on any atom is -0.311 e. The molecule has 1 N–H and O–H groups in total. The zero-order valence-electron chi connectivity index (χ0n) is 19.3. The lowest BCUT2D eigenvalue weighted by Crippen LogP contribution is -2.21. The maximum atomic E-state index is 13.1. The highest BCUT2D eigenvalue weighted by Crippen LogP contribution is 2.31. The molecular formula is C24H30N4O3S. The Labute approximate surface area is 189 Å². The van der Waals surface area contributed by atoms with Crippen molar-refractivity contribution in [2.45, 2.75) is 58.9 Å². The van der Waals surface area contributed by atoms with Crippen molar-refractivity contribution in [2.24, 2.45) is 0 Å². The van der Waals surface area contributed by atoms with E-state index in [-0.39, 0.29) is 35.3 Å². The van der Waals surface area contributed by atoms with Gasteiger partial charge in [-0.25, -0.2) is 13.1 Å². The topological polar surface area (TPSA) is 93.9 Å². The van der Waals surface area contributed by atoms with Crippen LogP contribution < -0.4 is 5.32 Å². The molecule has 1 aliphatic heterocycles. The predicted octanol–water partition coefficient (Wildman–Crippen LogP) is 3.89. The molecule has 4 rings (SSSR count). The Balaban J connectivity index is 1.64. The molecule has 1 amide bonds. The number of amides is 1. The fourth-order valence-corrected chi connectivity index (χ4v) is 5.97. The molecule has 1 aliphatic rings. The number of anilines is 1. The number of carbonyl (C=O) groups excluding carboxylic acids is 1. The van der Waals surface area contributed by atoms with Crippen LogP contribution >= 0.6 is 0 Å². The highest BCUT2D eigenvalue weighted by atomic mass is 32.2. The van der Waals surface area contributed by atoms with Crippen molar-refractivity contribution in [1.82, 2.24) is 14.8 Å². The van der Waals surface area contributed by atoms with E-state index >= 15 is 0 Å². The summed E-state index contributed by atoms with van der Waals surface area (Å²) in [6.07, 6.45) is 0.692. The van der Waals surface area contributed by atoms with E-state index in [2.05, 4.69) is 10.3 Å². The highest BCUT2D eigenvalue weighted by molar-refractivity contribution is 7.91. The third-order valence-corrected chi connectivity index (χ3v) is 7.90. The van der Waals surface area contributed by atoms with Gasteiger partial charge in [0.25, 0.3) is 0 Å². The average Bonchev–Trinajstić information content (AvgIpc) is 3.28.